The topological polar surface area (TPSA) is 61.7 Å². The van der Waals surface area contributed by atoms with Crippen molar-refractivity contribution in [2.45, 2.75) is 0 Å². The smallest absolute Gasteiger partial charge is 0.257 e. The average Bonchev–Trinajstić information content (AvgIpc) is 2.92. The van der Waals surface area contributed by atoms with Gasteiger partial charge in [-0.15, -0.1) is 0 Å². The third-order valence-electron chi connectivity index (χ3n) is 3.02. The van der Waals surface area contributed by atoms with E-state index in [9.17, 15) is 4.79 Å². The van der Waals surface area contributed by atoms with E-state index in [1.54, 1.807) is 24.4 Å². The van der Waals surface area contributed by atoms with E-state index in [0.29, 0.717) is 28.5 Å². The van der Waals surface area contributed by atoms with Gasteiger partial charge < -0.3 is 24.1 Å². The lowest BCUT2D eigenvalue weighted by Gasteiger charge is -2.14. The van der Waals surface area contributed by atoms with Crippen LogP contribution in [0.5, 0.6) is 17.2 Å². The molecule has 2 rings (SSSR count). The third-order valence-corrected chi connectivity index (χ3v) is 3.02. The molecule has 0 aliphatic heterocycles. The first-order chi connectivity index (χ1) is 10.1. The first-order valence-electron chi connectivity index (χ1n) is 6.32. The number of nitrogens with zero attached hydrogens (tertiary/aromatic N) is 1. The Morgan fingerprint density at radius 2 is 1.71 bits per heavy atom. The van der Waals surface area contributed by atoms with Gasteiger partial charge in [0, 0.05) is 37.3 Å². The van der Waals surface area contributed by atoms with Crippen molar-refractivity contribution in [3.63, 3.8) is 0 Å². The summed E-state index contributed by atoms with van der Waals surface area (Å²) < 4.78 is 17.6. The summed E-state index contributed by atoms with van der Waals surface area (Å²) in [6.07, 6.45) is 3.55. The van der Waals surface area contributed by atoms with E-state index in [1.807, 2.05) is 17.8 Å². The van der Waals surface area contributed by atoms with E-state index in [-0.39, 0.29) is 5.91 Å². The fourth-order valence-electron chi connectivity index (χ4n) is 1.99. The normalized spacial score (nSPS) is 10.1. The molecule has 112 valence electrons. The van der Waals surface area contributed by atoms with E-state index in [4.69, 9.17) is 14.2 Å². The van der Waals surface area contributed by atoms with Gasteiger partial charge in [-0.25, -0.2) is 0 Å². The van der Waals surface area contributed by atoms with Crippen LogP contribution in [0, 0.1) is 0 Å². The van der Waals surface area contributed by atoms with Crippen LogP contribution in [0.3, 0.4) is 0 Å². The van der Waals surface area contributed by atoms with Crippen LogP contribution in [0.4, 0.5) is 5.69 Å². The van der Waals surface area contributed by atoms with Gasteiger partial charge in [0.2, 0.25) is 5.75 Å². The van der Waals surface area contributed by atoms with E-state index in [1.165, 1.54) is 21.3 Å². The number of rotatable bonds is 5. The number of amides is 1. The van der Waals surface area contributed by atoms with E-state index >= 15 is 0 Å². The first-order valence-corrected chi connectivity index (χ1v) is 6.32. The summed E-state index contributed by atoms with van der Waals surface area (Å²) in [4.78, 5) is 12.1. The molecule has 2 aromatic rings. The Labute approximate surface area is 123 Å². The minimum atomic E-state index is -0.204. The Morgan fingerprint density at radius 1 is 1.10 bits per heavy atom. The molecule has 0 aliphatic rings. The molecule has 1 N–H and O–H groups in total. The summed E-state index contributed by atoms with van der Waals surface area (Å²) >= 11 is 0. The van der Waals surface area contributed by atoms with Gasteiger partial charge in [0.15, 0.2) is 11.5 Å². The zero-order valence-corrected chi connectivity index (χ0v) is 12.5. The Hall–Kier alpha value is -2.63. The number of carbonyl (C=O) groups excluding carboxylic acids is 1. The molecule has 6 heteroatoms. The highest BCUT2D eigenvalue weighted by Crippen LogP contribution is 2.39. The minimum absolute atomic E-state index is 0.204. The van der Waals surface area contributed by atoms with Gasteiger partial charge in [-0.1, -0.05) is 0 Å². The van der Waals surface area contributed by atoms with Gasteiger partial charge in [0.25, 0.3) is 5.91 Å². The Morgan fingerprint density at radius 3 is 2.14 bits per heavy atom. The highest BCUT2D eigenvalue weighted by Gasteiger charge is 2.15. The van der Waals surface area contributed by atoms with Crippen LogP contribution in [0.15, 0.2) is 30.6 Å². The van der Waals surface area contributed by atoms with Crippen molar-refractivity contribution in [3.05, 3.63) is 36.2 Å². The van der Waals surface area contributed by atoms with Crippen molar-refractivity contribution in [2.24, 2.45) is 7.05 Å². The number of benzene rings is 1. The molecule has 1 aromatic heterocycles. The zero-order valence-electron chi connectivity index (χ0n) is 12.5. The molecule has 0 saturated carbocycles. The van der Waals surface area contributed by atoms with E-state index < -0.39 is 0 Å². The Bertz CT molecular complexity index is 624. The molecule has 6 nitrogen and oxygen atoms in total. The van der Waals surface area contributed by atoms with Crippen LogP contribution < -0.4 is 19.5 Å². The summed E-state index contributed by atoms with van der Waals surface area (Å²) in [6.45, 7) is 0. The number of hydrogen-bond donors (Lipinski definition) is 1. The van der Waals surface area contributed by atoms with E-state index in [0.717, 1.165) is 0 Å². The molecule has 0 saturated heterocycles. The number of aryl methyl sites for hydroxylation is 1. The minimum Gasteiger partial charge on any atom is -0.493 e. The molecule has 1 aromatic carbocycles. The van der Waals surface area contributed by atoms with Gasteiger partial charge in [0.1, 0.15) is 0 Å². The second-order valence-corrected chi connectivity index (χ2v) is 4.43. The van der Waals surface area contributed by atoms with Gasteiger partial charge in [-0.05, 0) is 6.07 Å². The SMILES string of the molecule is COc1cc(NC(=O)c2ccn(C)c2)cc(OC)c1OC. The highest BCUT2D eigenvalue weighted by molar-refractivity contribution is 6.04. The van der Waals surface area contributed by atoms with Crippen LogP contribution in [0.2, 0.25) is 0 Å². The molecular weight excluding hydrogens is 272 g/mol. The van der Waals surface area contributed by atoms with Crippen LogP contribution in [0.25, 0.3) is 0 Å². The number of anilines is 1. The zero-order chi connectivity index (χ0) is 15.4. The van der Waals surface area contributed by atoms with Gasteiger partial charge >= 0.3 is 0 Å². The van der Waals surface area contributed by atoms with Crippen LogP contribution in [-0.4, -0.2) is 31.8 Å². The quantitative estimate of drug-likeness (QED) is 0.918. The fourth-order valence-corrected chi connectivity index (χ4v) is 1.99. The largest absolute Gasteiger partial charge is 0.493 e. The molecule has 0 atom stereocenters. The fraction of sp³-hybridized carbons (Fsp3) is 0.267. The summed E-state index contributed by atoms with van der Waals surface area (Å²) in [6, 6.07) is 5.11. The Balaban J connectivity index is 2.29. The number of methoxy groups -OCH3 is 3. The van der Waals surface area contributed by atoms with Crippen molar-refractivity contribution in [1.29, 1.82) is 0 Å². The molecule has 0 radical (unpaired) electrons. The van der Waals surface area contributed by atoms with Crippen LogP contribution in [0.1, 0.15) is 10.4 Å². The predicted octanol–water partition coefficient (Wildman–Crippen LogP) is 2.30. The summed E-state index contributed by atoms with van der Waals surface area (Å²) in [5.41, 5.74) is 1.14. The maximum Gasteiger partial charge on any atom is 0.257 e. The molecule has 0 bridgehead atoms. The molecule has 0 unspecified atom stereocenters. The number of nitrogens with one attached hydrogen (secondary N) is 1. The summed E-state index contributed by atoms with van der Waals surface area (Å²) in [5, 5.41) is 2.80. The first kappa shape index (κ1) is 14.8. The van der Waals surface area contributed by atoms with Crippen molar-refractivity contribution in [1.82, 2.24) is 4.57 Å². The van der Waals surface area contributed by atoms with Gasteiger partial charge in [-0.3, -0.25) is 4.79 Å². The lowest BCUT2D eigenvalue weighted by molar-refractivity contribution is 0.102. The highest BCUT2D eigenvalue weighted by atomic mass is 16.5. The van der Waals surface area contributed by atoms with Crippen molar-refractivity contribution in [3.8, 4) is 17.2 Å². The maximum absolute atomic E-state index is 12.1. The monoisotopic (exact) mass is 290 g/mol. The predicted molar refractivity (Wildman–Crippen MR) is 79.5 cm³/mol. The number of aromatic nitrogens is 1. The molecule has 0 fully saturated rings. The van der Waals surface area contributed by atoms with Gasteiger partial charge in [-0.2, -0.15) is 0 Å². The molecule has 0 spiro atoms. The van der Waals surface area contributed by atoms with Gasteiger partial charge in [0.05, 0.1) is 26.9 Å². The number of ether oxygens (including phenoxy) is 3. The molecule has 1 amide bonds. The third kappa shape index (κ3) is 3.10. The van der Waals surface area contributed by atoms with Crippen LogP contribution in [-0.2, 0) is 7.05 Å². The maximum atomic E-state index is 12.1. The van der Waals surface area contributed by atoms with Crippen molar-refractivity contribution >= 4 is 11.6 Å². The van der Waals surface area contributed by atoms with Crippen molar-refractivity contribution < 1.29 is 19.0 Å². The van der Waals surface area contributed by atoms with E-state index in [2.05, 4.69) is 5.32 Å². The molecular formula is C15H18N2O4. The number of carbonyl (C=O) groups is 1. The number of hydrogen-bond acceptors (Lipinski definition) is 4. The average molecular weight is 290 g/mol. The Kier molecular flexibility index (Phi) is 4.37. The molecule has 1 heterocycles. The molecule has 21 heavy (non-hydrogen) atoms. The van der Waals surface area contributed by atoms with Crippen molar-refractivity contribution in [2.75, 3.05) is 26.6 Å². The lowest BCUT2D eigenvalue weighted by Crippen LogP contribution is -2.11. The second-order valence-electron chi connectivity index (χ2n) is 4.43. The summed E-state index contributed by atoms with van der Waals surface area (Å²) in [7, 11) is 6.44. The molecule has 0 aliphatic carbocycles. The standard InChI is InChI=1S/C15H18N2O4/c1-17-6-5-10(9-17)15(18)16-11-7-12(19-2)14(21-4)13(8-11)20-3/h5-9H,1-4H3,(H,16,18). The van der Waals surface area contributed by atoms with Crippen LogP contribution >= 0.6 is 0 Å². The summed E-state index contributed by atoms with van der Waals surface area (Å²) in [5.74, 6) is 1.25. The second kappa shape index (κ2) is 6.21. The lowest BCUT2D eigenvalue weighted by atomic mass is 10.2.